The summed E-state index contributed by atoms with van der Waals surface area (Å²) in [6.07, 6.45) is 2.58. The summed E-state index contributed by atoms with van der Waals surface area (Å²) in [6.45, 7) is 2.63. The average molecular weight is 294 g/mol. The van der Waals surface area contributed by atoms with Gasteiger partial charge in [-0.05, 0) is 30.5 Å². The molecule has 5 nitrogen and oxygen atoms in total. The number of carboxylic acid groups (broad SMARTS) is 1. The van der Waals surface area contributed by atoms with Crippen LogP contribution in [0.5, 0.6) is 0 Å². The summed E-state index contributed by atoms with van der Waals surface area (Å²) in [5.74, 6) is -1.87. The van der Waals surface area contributed by atoms with Crippen LogP contribution in [-0.2, 0) is 11.3 Å². The van der Waals surface area contributed by atoms with Crippen molar-refractivity contribution in [3.8, 4) is 0 Å². The second kappa shape index (κ2) is 7.17. The van der Waals surface area contributed by atoms with Crippen LogP contribution < -0.4 is 5.32 Å². The first-order valence-corrected chi connectivity index (χ1v) is 7.08. The van der Waals surface area contributed by atoms with Crippen molar-refractivity contribution in [3.63, 3.8) is 0 Å². The number of carbonyl (C=O) groups excluding carboxylic acids is 1. The fourth-order valence-corrected chi connectivity index (χ4v) is 2.39. The summed E-state index contributed by atoms with van der Waals surface area (Å²) >= 11 is 0. The van der Waals surface area contributed by atoms with E-state index in [-0.39, 0.29) is 11.5 Å². The number of likely N-dealkylation sites (tertiary alicyclic amines) is 1. The Morgan fingerprint density at radius 3 is 2.62 bits per heavy atom. The fraction of sp³-hybridized carbons (Fsp3) is 0.467. The van der Waals surface area contributed by atoms with Gasteiger partial charge in [-0.1, -0.05) is 6.07 Å². The highest BCUT2D eigenvalue weighted by atomic mass is 19.1. The number of nitrogens with one attached hydrogen (secondary N) is 1. The van der Waals surface area contributed by atoms with Crippen molar-refractivity contribution in [1.82, 2.24) is 10.2 Å². The van der Waals surface area contributed by atoms with E-state index in [0.717, 1.165) is 25.9 Å². The Morgan fingerprint density at radius 2 is 2.00 bits per heavy atom. The molecular weight excluding hydrogens is 275 g/mol. The third-order valence-corrected chi connectivity index (χ3v) is 3.57. The van der Waals surface area contributed by atoms with Gasteiger partial charge in [-0.15, -0.1) is 0 Å². The first-order valence-electron chi connectivity index (χ1n) is 7.08. The summed E-state index contributed by atoms with van der Waals surface area (Å²) in [5.41, 5.74) is 0.328. The highest BCUT2D eigenvalue weighted by molar-refractivity contribution is 5.87. The molecule has 1 amide bonds. The van der Waals surface area contributed by atoms with Gasteiger partial charge in [-0.2, -0.15) is 0 Å². The molecule has 1 fully saturated rings. The number of aromatic carboxylic acids is 1. The van der Waals surface area contributed by atoms with Crippen LogP contribution in [0.2, 0.25) is 0 Å². The lowest BCUT2D eigenvalue weighted by atomic mass is 10.1. The minimum absolute atomic E-state index is 0.146. The van der Waals surface area contributed by atoms with Crippen molar-refractivity contribution in [2.45, 2.75) is 25.8 Å². The first-order chi connectivity index (χ1) is 10.1. The van der Waals surface area contributed by atoms with E-state index in [4.69, 9.17) is 5.11 Å². The Labute approximate surface area is 122 Å². The van der Waals surface area contributed by atoms with Crippen LogP contribution in [0.3, 0.4) is 0 Å². The van der Waals surface area contributed by atoms with Gasteiger partial charge in [0.1, 0.15) is 5.82 Å². The Kier molecular flexibility index (Phi) is 5.27. The molecule has 0 atom stereocenters. The van der Waals surface area contributed by atoms with Crippen LogP contribution in [0.4, 0.5) is 4.39 Å². The number of halogens is 1. The maximum Gasteiger partial charge on any atom is 0.338 e. The van der Waals surface area contributed by atoms with E-state index < -0.39 is 11.8 Å². The fourth-order valence-electron chi connectivity index (χ4n) is 2.39. The van der Waals surface area contributed by atoms with Crippen LogP contribution in [-0.4, -0.2) is 41.5 Å². The third kappa shape index (κ3) is 4.26. The highest BCUT2D eigenvalue weighted by Crippen LogP contribution is 2.11. The number of amides is 1. The van der Waals surface area contributed by atoms with E-state index in [1.807, 2.05) is 4.90 Å². The Hall–Kier alpha value is -1.95. The number of benzene rings is 1. The van der Waals surface area contributed by atoms with E-state index in [1.54, 1.807) is 6.07 Å². The van der Waals surface area contributed by atoms with Crippen LogP contribution in [0, 0.1) is 5.82 Å². The highest BCUT2D eigenvalue weighted by Gasteiger charge is 2.17. The molecule has 0 bridgehead atoms. The van der Waals surface area contributed by atoms with E-state index in [9.17, 15) is 14.0 Å². The molecular formula is C15H19FN2O3. The van der Waals surface area contributed by atoms with Crippen molar-refractivity contribution < 1.29 is 19.1 Å². The van der Waals surface area contributed by atoms with Gasteiger partial charge >= 0.3 is 5.97 Å². The second-order valence-corrected chi connectivity index (χ2v) is 5.13. The zero-order valence-corrected chi connectivity index (χ0v) is 11.8. The molecule has 114 valence electrons. The van der Waals surface area contributed by atoms with Gasteiger partial charge < -0.3 is 15.3 Å². The van der Waals surface area contributed by atoms with Crippen LogP contribution in [0.15, 0.2) is 18.2 Å². The Balaban J connectivity index is 1.74. The van der Waals surface area contributed by atoms with Gasteiger partial charge in [-0.25, -0.2) is 9.18 Å². The molecule has 1 aliphatic heterocycles. The number of rotatable bonds is 6. The van der Waals surface area contributed by atoms with Gasteiger partial charge in [0.05, 0.1) is 5.56 Å². The predicted molar refractivity (Wildman–Crippen MR) is 75.5 cm³/mol. The molecule has 0 aliphatic carbocycles. The number of carboxylic acids is 1. The maximum atomic E-state index is 13.5. The standard InChI is InChI=1S/C15H19FN2O3/c16-13-9-11(3-4-12(13)15(20)21)10-17-6-5-14(19)18-7-1-2-8-18/h3-4,9,17H,1-2,5-8,10H2,(H,20,21). The summed E-state index contributed by atoms with van der Waals surface area (Å²) in [4.78, 5) is 24.4. The van der Waals surface area contributed by atoms with Gasteiger partial charge in [0.25, 0.3) is 0 Å². The van der Waals surface area contributed by atoms with Crippen LogP contribution in [0.1, 0.15) is 35.2 Å². The molecule has 0 radical (unpaired) electrons. The summed E-state index contributed by atoms with van der Waals surface area (Å²) in [7, 11) is 0. The molecule has 0 unspecified atom stereocenters. The molecule has 21 heavy (non-hydrogen) atoms. The number of hydrogen-bond donors (Lipinski definition) is 2. The summed E-state index contributed by atoms with van der Waals surface area (Å²) < 4.78 is 13.5. The zero-order chi connectivity index (χ0) is 15.2. The Bertz CT molecular complexity index is 528. The Morgan fingerprint density at radius 1 is 1.29 bits per heavy atom. The van der Waals surface area contributed by atoms with Crippen molar-refractivity contribution in [2.75, 3.05) is 19.6 Å². The summed E-state index contributed by atoms with van der Waals surface area (Å²) in [5, 5.41) is 11.8. The zero-order valence-electron chi connectivity index (χ0n) is 11.8. The molecule has 0 aromatic heterocycles. The topological polar surface area (TPSA) is 69.6 Å². The quantitative estimate of drug-likeness (QED) is 0.782. The lowest BCUT2D eigenvalue weighted by Gasteiger charge is -2.15. The summed E-state index contributed by atoms with van der Waals surface area (Å²) in [6, 6.07) is 4.03. The molecule has 1 aromatic carbocycles. The van der Waals surface area contributed by atoms with E-state index in [2.05, 4.69) is 5.32 Å². The molecule has 6 heteroatoms. The smallest absolute Gasteiger partial charge is 0.338 e. The van der Waals surface area contributed by atoms with Gasteiger partial charge in [0.15, 0.2) is 0 Å². The average Bonchev–Trinajstić information content (AvgIpc) is 2.97. The molecule has 2 N–H and O–H groups in total. The van der Waals surface area contributed by atoms with Crippen molar-refractivity contribution in [3.05, 3.63) is 35.1 Å². The van der Waals surface area contributed by atoms with Crippen LogP contribution in [0.25, 0.3) is 0 Å². The van der Waals surface area contributed by atoms with Crippen molar-refractivity contribution in [2.24, 2.45) is 0 Å². The SMILES string of the molecule is O=C(O)c1ccc(CNCCC(=O)N2CCCC2)cc1F. The van der Waals surface area contributed by atoms with E-state index in [0.29, 0.717) is 25.1 Å². The predicted octanol–water partition coefficient (Wildman–Crippen LogP) is 1.63. The first kappa shape index (κ1) is 15.4. The molecule has 2 rings (SSSR count). The molecule has 1 saturated heterocycles. The molecule has 0 saturated carbocycles. The van der Waals surface area contributed by atoms with Gasteiger partial charge in [0, 0.05) is 32.6 Å². The molecule has 1 aliphatic rings. The largest absolute Gasteiger partial charge is 0.478 e. The minimum atomic E-state index is -1.27. The molecule has 1 aromatic rings. The monoisotopic (exact) mass is 294 g/mol. The lowest BCUT2D eigenvalue weighted by molar-refractivity contribution is -0.130. The maximum absolute atomic E-state index is 13.5. The van der Waals surface area contributed by atoms with E-state index in [1.165, 1.54) is 12.1 Å². The van der Waals surface area contributed by atoms with Crippen LogP contribution >= 0.6 is 0 Å². The van der Waals surface area contributed by atoms with Crippen molar-refractivity contribution >= 4 is 11.9 Å². The number of nitrogens with zero attached hydrogens (tertiary/aromatic N) is 1. The second-order valence-electron chi connectivity index (χ2n) is 5.13. The van der Waals surface area contributed by atoms with Crippen molar-refractivity contribution in [1.29, 1.82) is 0 Å². The molecule has 0 spiro atoms. The lowest BCUT2D eigenvalue weighted by Crippen LogP contribution is -2.30. The molecule has 1 heterocycles. The minimum Gasteiger partial charge on any atom is -0.478 e. The normalized spacial score (nSPS) is 14.4. The van der Waals surface area contributed by atoms with E-state index >= 15 is 0 Å². The third-order valence-electron chi connectivity index (χ3n) is 3.57. The van der Waals surface area contributed by atoms with Gasteiger partial charge in [0.2, 0.25) is 5.91 Å². The van der Waals surface area contributed by atoms with Gasteiger partial charge in [-0.3, -0.25) is 4.79 Å². The number of carbonyl (C=O) groups is 2. The number of hydrogen-bond acceptors (Lipinski definition) is 3.